The zero-order chi connectivity index (χ0) is 23.6. The lowest BCUT2D eigenvalue weighted by atomic mass is 9.76. The Balaban J connectivity index is 1.38. The van der Waals surface area contributed by atoms with Crippen LogP contribution in [0.1, 0.15) is 47.6 Å². The second-order valence-electron chi connectivity index (χ2n) is 9.75. The lowest BCUT2D eigenvalue weighted by Crippen LogP contribution is -2.41. The summed E-state index contributed by atoms with van der Waals surface area (Å²) >= 11 is 0. The zero-order valence-electron chi connectivity index (χ0n) is 19.6. The topological polar surface area (TPSA) is 64.1 Å². The zero-order valence-corrected chi connectivity index (χ0v) is 19.6. The molecule has 0 amide bonds. The first-order valence-electron chi connectivity index (χ1n) is 11.7. The van der Waals surface area contributed by atoms with Crippen molar-refractivity contribution in [3.05, 3.63) is 58.9 Å². The maximum atomic E-state index is 13.7. The molecule has 0 unspecified atom stereocenters. The van der Waals surface area contributed by atoms with Crippen LogP contribution in [-0.4, -0.2) is 42.5 Å². The van der Waals surface area contributed by atoms with Crippen LogP contribution in [0.3, 0.4) is 0 Å². The van der Waals surface area contributed by atoms with Crippen molar-refractivity contribution in [2.75, 3.05) is 18.0 Å². The Labute approximate surface area is 196 Å². The molecular formula is C25H27F2N7. The number of piperidine rings is 1. The molecule has 1 spiro atoms. The van der Waals surface area contributed by atoms with Crippen molar-refractivity contribution in [2.45, 2.75) is 46.0 Å². The summed E-state index contributed by atoms with van der Waals surface area (Å²) in [5.41, 5.74) is 6.45. The second-order valence-corrected chi connectivity index (χ2v) is 9.75. The van der Waals surface area contributed by atoms with Crippen LogP contribution in [0.5, 0.6) is 0 Å². The van der Waals surface area contributed by atoms with Gasteiger partial charge < -0.3 is 4.90 Å². The summed E-state index contributed by atoms with van der Waals surface area (Å²) in [4.78, 5) is 11.8. The molecule has 1 aliphatic heterocycles. The quantitative estimate of drug-likeness (QED) is 0.449. The average molecular weight is 464 g/mol. The molecule has 4 aromatic rings. The van der Waals surface area contributed by atoms with E-state index in [0.29, 0.717) is 11.2 Å². The highest BCUT2D eigenvalue weighted by molar-refractivity contribution is 5.76. The van der Waals surface area contributed by atoms with Gasteiger partial charge in [0.05, 0.1) is 17.6 Å². The Morgan fingerprint density at radius 3 is 2.59 bits per heavy atom. The normalized spacial score (nSPS) is 17.3. The van der Waals surface area contributed by atoms with Gasteiger partial charge in [-0.1, -0.05) is 6.07 Å². The Morgan fingerprint density at radius 1 is 1.12 bits per heavy atom. The SMILES string of the molecule is Cc1nc(N2CCC3(CC2)Cc2cccnc2C3)c2cc(C(F)F)nn2c1-c1cnn(C)c1C. The van der Waals surface area contributed by atoms with E-state index in [4.69, 9.17) is 4.98 Å². The van der Waals surface area contributed by atoms with Crippen LogP contribution >= 0.6 is 0 Å². The molecule has 1 aliphatic carbocycles. The van der Waals surface area contributed by atoms with Gasteiger partial charge in [0.15, 0.2) is 5.82 Å². The van der Waals surface area contributed by atoms with Crippen molar-refractivity contribution in [2.24, 2.45) is 12.5 Å². The Morgan fingerprint density at radius 2 is 1.91 bits per heavy atom. The summed E-state index contributed by atoms with van der Waals surface area (Å²) in [5, 5.41) is 8.64. The maximum Gasteiger partial charge on any atom is 0.282 e. The van der Waals surface area contributed by atoms with Crippen LogP contribution < -0.4 is 4.90 Å². The number of aryl methyl sites for hydroxylation is 2. The number of fused-ring (bicyclic) bond motifs is 2. The van der Waals surface area contributed by atoms with Crippen LogP contribution in [0.15, 0.2) is 30.6 Å². The largest absolute Gasteiger partial charge is 0.355 e. The number of halogens is 2. The van der Waals surface area contributed by atoms with Crippen molar-refractivity contribution in [1.29, 1.82) is 0 Å². The van der Waals surface area contributed by atoms with Crippen LogP contribution in [0.2, 0.25) is 0 Å². The van der Waals surface area contributed by atoms with Gasteiger partial charge in [-0.3, -0.25) is 9.67 Å². The summed E-state index contributed by atoms with van der Waals surface area (Å²) in [7, 11) is 1.86. The minimum Gasteiger partial charge on any atom is -0.355 e. The number of aromatic nitrogens is 6. The number of hydrogen-bond acceptors (Lipinski definition) is 5. The van der Waals surface area contributed by atoms with E-state index in [1.54, 1.807) is 15.4 Å². The Kier molecular flexibility index (Phi) is 4.72. The molecule has 176 valence electrons. The van der Waals surface area contributed by atoms with Gasteiger partial charge in [0.25, 0.3) is 6.43 Å². The lowest BCUT2D eigenvalue weighted by molar-refractivity contribution is 0.145. The molecule has 1 fully saturated rings. The van der Waals surface area contributed by atoms with Crippen molar-refractivity contribution in [3.8, 4) is 11.3 Å². The van der Waals surface area contributed by atoms with Gasteiger partial charge in [-0.05, 0) is 62.6 Å². The van der Waals surface area contributed by atoms with Gasteiger partial charge in [-0.25, -0.2) is 18.3 Å². The third kappa shape index (κ3) is 3.20. The smallest absolute Gasteiger partial charge is 0.282 e. The van der Waals surface area contributed by atoms with Gasteiger partial charge in [-0.2, -0.15) is 10.2 Å². The fourth-order valence-electron chi connectivity index (χ4n) is 5.69. The number of pyridine rings is 1. The third-order valence-corrected chi connectivity index (χ3v) is 7.72. The van der Waals surface area contributed by atoms with Crippen LogP contribution in [0, 0.1) is 19.3 Å². The molecule has 4 aromatic heterocycles. The molecule has 0 radical (unpaired) electrons. The van der Waals surface area contributed by atoms with E-state index in [1.165, 1.54) is 17.3 Å². The summed E-state index contributed by atoms with van der Waals surface area (Å²) in [6.45, 7) is 5.53. The molecule has 34 heavy (non-hydrogen) atoms. The number of nitrogens with zero attached hydrogens (tertiary/aromatic N) is 7. The third-order valence-electron chi connectivity index (χ3n) is 7.72. The Bertz CT molecular complexity index is 1370. The van der Waals surface area contributed by atoms with Gasteiger partial charge in [0.1, 0.15) is 11.2 Å². The van der Waals surface area contributed by atoms with E-state index in [0.717, 1.165) is 61.5 Å². The summed E-state index contributed by atoms with van der Waals surface area (Å²) in [6.07, 6.45) is 5.10. The minimum atomic E-state index is -2.65. The van der Waals surface area contributed by atoms with E-state index < -0.39 is 6.43 Å². The number of hydrogen-bond donors (Lipinski definition) is 0. The van der Waals surface area contributed by atoms with Crippen LogP contribution in [-0.2, 0) is 19.9 Å². The molecule has 7 nitrogen and oxygen atoms in total. The number of anilines is 1. The van der Waals surface area contributed by atoms with E-state index in [1.807, 2.05) is 33.2 Å². The highest BCUT2D eigenvalue weighted by atomic mass is 19.3. The molecule has 5 heterocycles. The fraction of sp³-hybridized carbons (Fsp3) is 0.440. The molecular weight excluding hydrogens is 436 g/mol. The first-order chi connectivity index (χ1) is 16.3. The van der Waals surface area contributed by atoms with Gasteiger partial charge in [-0.15, -0.1) is 0 Å². The molecule has 0 N–H and O–H groups in total. The molecule has 0 bridgehead atoms. The molecule has 0 saturated carbocycles. The first kappa shape index (κ1) is 21.2. The van der Waals surface area contributed by atoms with Crippen LogP contribution in [0.25, 0.3) is 16.8 Å². The average Bonchev–Trinajstić information content (AvgIpc) is 3.50. The van der Waals surface area contributed by atoms with E-state index >= 15 is 0 Å². The number of rotatable bonds is 3. The summed E-state index contributed by atoms with van der Waals surface area (Å²) < 4.78 is 30.8. The van der Waals surface area contributed by atoms with Gasteiger partial charge >= 0.3 is 0 Å². The fourth-order valence-corrected chi connectivity index (χ4v) is 5.69. The van der Waals surface area contributed by atoms with Crippen molar-refractivity contribution >= 4 is 11.3 Å². The molecule has 1 saturated heterocycles. The van der Waals surface area contributed by atoms with E-state index in [2.05, 4.69) is 26.1 Å². The van der Waals surface area contributed by atoms with Gasteiger partial charge in [0.2, 0.25) is 0 Å². The predicted molar refractivity (Wildman–Crippen MR) is 125 cm³/mol. The molecule has 0 aromatic carbocycles. The molecule has 2 aliphatic rings. The first-order valence-corrected chi connectivity index (χ1v) is 11.7. The summed E-state index contributed by atoms with van der Waals surface area (Å²) in [6, 6.07) is 5.69. The Hall–Kier alpha value is -3.36. The standard InChI is InChI=1S/C25H27F2N7/c1-15-22(18-14-29-32(3)16(18)2)34-21(11-19(31-34)23(26)27)24(30-15)33-9-6-25(7-10-33)12-17-5-4-8-28-20(17)13-25/h4-5,8,11,14,23H,6-7,9-10,12-13H2,1-3H3. The van der Waals surface area contributed by atoms with E-state index in [-0.39, 0.29) is 11.1 Å². The monoisotopic (exact) mass is 463 g/mol. The highest BCUT2D eigenvalue weighted by Gasteiger charge is 2.41. The second kappa shape index (κ2) is 7.58. The van der Waals surface area contributed by atoms with E-state index in [9.17, 15) is 8.78 Å². The van der Waals surface area contributed by atoms with Crippen molar-refractivity contribution in [3.63, 3.8) is 0 Å². The predicted octanol–water partition coefficient (Wildman–Crippen LogP) is 4.46. The lowest BCUT2D eigenvalue weighted by Gasteiger charge is -2.40. The van der Waals surface area contributed by atoms with Crippen molar-refractivity contribution in [1.82, 2.24) is 29.4 Å². The number of alkyl halides is 2. The van der Waals surface area contributed by atoms with Gasteiger partial charge in [0, 0.05) is 43.3 Å². The minimum absolute atomic E-state index is 0.234. The highest BCUT2D eigenvalue weighted by Crippen LogP contribution is 2.45. The molecule has 6 rings (SSSR count). The summed E-state index contributed by atoms with van der Waals surface area (Å²) in [5.74, 6) is 0.727. The van der Waals surface area contributed by atoms with Crippen LogP contribution in [0.4, 0.5) is 14.6 Å². The maximum absolute atomic E-state index is 13.7. The van der Waals surface area contributed by atoms with Crippen molar-refractivity contribution < 1.29 is 8.78 Å². The molecule has 0 atom stereocenters. The molecule has 9 heteroatoms.